The number of amidine groups is 1. The summed E-state index contributed by atoms with van der Waals surface area (Å²) < 4.78 is 12.2. The fraction of sp³-hybridized carbons (Fsp3) is 0.179. The maximum Gasteiger partial charge on any atom is 0.264 e. The van der Waals surface area contributed by atoms with Crippen LogP contribution in [0.25, 0.3) is 6.08 Å². The SMILES string of the molecule is CCOc1cc(/C=C2/SC(=Nc3ccc(C)cc3)NC2=O)cc(Br)c1OCC(=O)Nc1ccc(C)cc1. The largest absolute Gasteiger partial charge is 0.490 e. The Hall–Kier alpha value is -3.56. The summed E-state index contributed by atoms with van der Waals surface area (Å²) in [5, 5.41) is 6.13. The topological polar surface area (TPSA) is 89.0 Å². The molecule has 0 atom stereocenters. The Balaban J connectivity index is 1.48. The first-order valence-corrected chi connectivity index (χ1v) is 13.2. The van der Waals surface area contributed by atoms with Gasteiger partial charge in [-0.25, -0.2) is 4.99 Å². The Bertz CT molecular complexity index is 1370. The van der Waals surface area contributed by atoms with Crippen molar-refractivity contribution in [3.8, 4) is 11.5 Å². The zero-order chi connectivity index (χ0) is 26.4. The first-order valence-electron chi connectivity index (χ1n) is 11.6. The summed E-state index contributed by atoms with van der Waals surface area (Å²) in [5.74, 6) is 0.360. The fourth-order valence-electron chi connectivity index (χ4n) is 3.41. The van der Waals surface area contributed by atoms with Gasteiger partial charge in [-0.3, -0.25) is 9.59 Å². The zero-order valence-corrected chi connectivity index (χ0v) is 23.0. The van der Waals surface area contributed by atoms with E-state index in [4.69, 9.17) is 9.47 Å². The molecule has 1 aliphatic rings. The second kappa shape index (κ2) is 12.1. The molecule has 2 N–H and O–H groups in total. The minimum atomic E-state index is -0.288. The van der Waals surface area contributed by atoms with Crippen molar-refractivity contribution < 1.29 is 19.1 Å². The van der Waals surface area contributed by atoms with Crippen LogP contribution in [0.1, 0.15) is 23.6 Å². The maximum atomic E-state index is 12.5. The Morgan fingerprint density at radius 1 is 1.05 bits per heavy atom. The number of nitrogens with zero attached hydrogens (tertiary/aromatic N) is 1. The number of ether oxygens (including phenoxy) is 2. The molecular weight excluding hydrogens is 554 g/mol. The monoisotopic (exact) mass is 579 g/mol. The van der Waals surface area contributed by atoms with Crippen molar-refractivity contribution in [3.63, 3.8) is 0 Å². The van der Waals surface area contributed by atoms with E-state index >= 15 is 0 Å². The molecule has 1 fully saturated rings. The van der Waals surface area contributed by atoms with Gasteiger partial charge < -0.3 is 20.1 Å². The first kappa shape index (κ1) is 26.5. The van der Waals surface area contributed by atoms with Crippen molar-refractivity contribution >= 4 is 62.1 Å². The summed E-state index contributed by atoms with van der Waals surface area (Å²) in [6.45, 7) is 6.07. The van der Waals surface area contributed by atoms with Gasteiger partial charge in [-0.2, -0.15) is 0 Å². The number of thioether (sulfide) groups is 1. The molecule has 0 radical (unpaired) electrons. The molecule has 0 bridgehead atoms. The minimum Gasteiger partial charge on any atom is -0.490 e. The molecule has 9 heteroatoms. The van der Waals surface area contributed by atoms with Crippen LogP contribution >= 0.6 is 27.7 Å². The third kappa shape index (κ3) is 7.24. The summed E-state index contributed by atoms with van der Waals surface area (Å²) >= 11 is 4.79. The van der Waals surface area contributed by atoms with Gasteiger partial charge >= 0.3 is 0 Å². The van der Waals surface area contributed by atoms with E-state index < -0.39 is 0 Å². The lowest BCUT2D eigenvalue weighted by Gasteiger charge is -2.15. The molecule has 190 valence electrons. The highest BCUT2D eigenvalue weighted by atomic mass is 79.9. The highest BCUT2D eigenvalue weighted by molar-refractivity contribution is 9.10. The number of benzene rings is 3. The first-order chi connectivity index (χ1) is 17.8. The smallest absolute Gasteiger partial charge is 0.264 e. The number of nitrogens with one attached hydrogen (secondary N) is 2. The highest BCUT2D eigenvalue weighted by Crippen LogP contribution is 2.38. The lowest BCUT2D eigenvalue weighted by Crippen LogP contribution is -2.20. The van der Waals surface area contributed by atoms with Gasteiger partial charge in [0.25, 0.3) is 11.8 Å². The summed E-state index contributed by atoms with van der Waals surface area (Å²) in [5.41, 5.74) is 4.45. The van der Waals surface area contributed by atoms with Crippen LogP contribution < -0.4 is 20.1 Å². The maximum absolute atomic E-state index is 12.5. The van der Waals surface area contributed by atoms with Gasteiger partial charge in [0, 0.05) is 5.69 Å². The van der Waals surface area contributed by atoms with Gasteiger partial charge in [0.05, 0.1) is 21.7 Å². The molecule has 1 aliphatic heterocycles. The number of carbonyl (C=O) groups excluding carboxylic acids is 2. The molecule has 0 saturated carbocycles. The molecule has 3 aromatic carbocycles. The number of hydrogen-bond donors (Lipinski definition) is 2. The summed E-state index contributed by atoms with van der Waals surface area (Å²) in [6, 6.07) is 18.9. The molecule has 4 rings (SSSR count). The van der Waals surface area contributed by atoms with Gasteiger partial charge in [-0.05, 0) is 96.5 Å². The predicted octanol–water partition coefficient (Wildman–Crippen LogP) is 6.37. The van der Waals surface area contributed by atoms with Crippen LogP contribution in [0.3, 0.4) is 0 Å². The second-order valence-electron chi connectivity index (χ2n) is 8.28. The quantitative estimate of drug-likeness (QED) is 0.302. The molecule has 7 nitrogen and oxygen atoms in total. The molecule has 0 unspecified atom stereocenters. The van der Waals surface area contributed by atoms with Crippen LogP contribution in [-0.4, -0.2) is 30.2 Å². The lowest BCUT2D eigenvalue weighted by molar-refractivity contribution is -0.118. The number of hydrogen-bond acceptors (Lipinski definition) is 6. The summed E-state index contributed by atoms with van der Waals surface area (Å²) in [6.07, 6.45) is 1.76. The molecular formula is C28H26BrN3O4S. The van der Waals surface area contributed by atoms with Crippen LogP contribution in [0, 0.1) is 13.8 Å². The van der Waals surface area contributed by atoms with Gasteiger partial charge in [0.1, 0.15) is 0 Å². The van der Waals surface area contributed by atoms with E-state index in [0.29, 0.717) is 38.3 Å². The number of aryl methyl sites for hydroxylation is 2. The van der Waals surface area contributed by atoms with E-state index in [9.17, 15) is 9.59 Å². The van der Waals surface area contributed by atoms with Crippen molar-refractivity contribution in [3.05, 3.63) is 86.7 Å². The van der Waals surface area contributed by atoms with Gasteiger partial charge in [0.2, 0.25) is 0 Å². The number of amides is 2. The Morgan fingerprint density at radius 3 is 2.41 bits per heavy atom. The highest BCUT2D eigenvalue weighted by Gasteiger charge is 2.24. The van der Waals surface area contributed by atoms with Crippen LogP contribution in [-0.2, 0) is 9.59 Å². The standard InChI is InChI=1S/C28H26BrN3O4S/c1-4-35-23-14-19(15-24-27(34)32-28(37-24)31-21-11-7-18(3)8-12-21)13-22(29)26(23)36-16-25(33)30-20-9-5-17(2)6-10-20/h5-15H,4,16H2,1-3H3,(H,30,33)(H,31,32,34)/b24-15+. The molecule has 0 aliphatic carbocycles. The van der Waals surface area contributed by atoms with Gasteiger partial charge in [-0.15, -0.1) is 0 Å². The van der Waals surface area contributed by atoms with Crippen LogP contribution in [0.15, 0.2) is 75.0 Å². The number of anilines is 1. The lowest BCUT2D eigenvalue weighted by atomic mass is 10.2. The number of aliphatic imine (C=N–C) groups is 1. The van der Waals surface area contributed by atoms with Crippen molar-refractivity contribution in [2.45, 2.75) is 20.8 Å². The molecule has 0 aromatic heterocycles. The van der Waals surface area contributed by atoms with E-state index in [2.05, 4.69) is 31.6 Å². The summed E-state index contributed by atoms with van der Waals surface area (Å²) in [7, 11) is 0. The predicted molar refractivity (Wildman–Crippen MR) is 153 cm³/mol. The average molecular weight is 581 g/mol. The van der Waals surface area contributed by atoms with Crippen LogP contribution in [0.4, 0.5) is 11.4 Å². The van der Waals surface area contributed by atoms with E-state index in [1.54, 1.807) is 12.1 Å². The van der Waals surface area contributed by atoms with Crippen molar-refractivity contribution in [1.82, 2.24) is 5.32 Å². The van der Waals surface area contributed by atoms with E-state index in [1.165, 1.54) is 11.8 Å². The van der Waals surface area contributed by atoms with Crippen LogP contribution in [0.2, 0.25) is 0 Å². The van der Waals surface area contributed by atoms with Gasteiger partial charge in [-0.1, -0.05) is 35.4 Å². The number of rotatable bonds is 8. The number of halogens is 1. The third-order valence-electron chi connectivity index (χ3n) is 5.23. The van der Waals surface area contributed by atoms with Crippen LogP contribution in [0.5, 0.6) is 11.5 Å². The Morgan fingerprint density at radius 2 is 1.73 bits per heavy atom. The second-order valence-corrected chi connectivity index (χ2v) is 10.2. The Kier molecular flexibility index (Phi) is 8.68. The van der Waals surface area contributed by atoms with E-state index in [1.807, 2.05) is 75.4 Å². The molecule has 3 aromatic rings. The molecule has 37 heavy (non-hydrogen) atoms. The fourth-order valence-corrected chi connectivity index (χ4v) is 4.83. The minimum absolute atomic E-state index is 0.190. The molecule has 1 heterocycles. The van der Waals surface area contributed by atoms with Crippen molar-refractivity contribution in [2.24, 2.45) is 4.99 Å². The average Bonchev–Trinajstić information content (AvgIpc) is 3.20. The molecule has 2 amide bonds. The molecule has 1 saturated heterocycles. The van der Waals surface area contributed by atoms with E-state index in [-0.39, 0.29) is 18.4 Å². The number of carbonyl (C=O) groups is 2. The Labute approximate surface area is 228 Å². The third-order valence-corrected chi connectivity index (χ3v) is 6.73. The summed E-state index contributed by atoms with van der Waals surface area (Å²) in [4.78, 5) is 30.0. The normalized spacial score (nSPS) is 15.1. The zero-order valence-electron chi connectivity index (χ0n) is 20.6. The van der Waals surface area contributed by atoms with Crippen molar-refractivity contribution in [2.75, 3.05) is 18.5 Å². The van der Waals surface area contributed by atoms with E-state index in [0.717, 1.165) is 22.4 Å². The molecule has 0 spiro atoms. The van der Waals surface area contributed by atoms with Crippen molar-refractivity contribution in [1.29, 1.82) is 0 Å². The van der Waals surface area contributed by atoms with Gasteiger partial charge in [0.15, 0.2) is 23.3 Å².